The van der Waals surface area contributed by atoms with Gasteiger partial charge < -0.3 is 15.0 Å². The van der Waals surface area contributed by atoms with Crippen LogP contribution in [-0.4, -0.2) is 61.6 Å². The molecule has 3 aromatic rings. The molecule has 1 aliphatic heterocycles. The summed E-state index contributed by atoms with van der Waals surface area (Å²) in [6.07, 6.45) is 1.11. The number of fused-ring (bicyclic) bond motifs is 1. The highest BCUT2D eigenvalue weighted by atomic mass is 32.2. The molecule has 3 aromatic carbocycles. The van der Waals surface area contributed by atoms with Gasteiger partial charge in [0.05, 0.1) is 12.7 Å². The summed E-state index contributed by atoms with van der Waals surface area (Å²) in [4.78, 5) is 41.6. The van der Waals surface area contributed by atoms with Gasteiger partial charge in [0.15, 0.2) is 0 Å². The van der Waals surface area contributed by atoms with Crippen LogP contribution in [0.4, 0.5) is 0 Å². The van der Waals surface area contributed by atoms with Crippen LogP contribution in [0.15, 0.2) is 83.8 Å². The molecule has 1 heterocycles. The second kappa shape index (κ2) is 13.5. The van der Waals surface area contributed by atoms with Crippen molar-refractivity contribution in [1.82, 2.24) is 14.5 Å². The van der Waals surface area contributed by atoms with E-state index in [0.717, 1.165) is 21.9 Å². The van der Waals surface area contributed by atoms with Crippen molar-refractivity contribution >= 4 is 27.7 Å². The Hall–Kier alpha value is -4.18. The number of benzene rings is 3. The first-order valence-corrected chi connectivity index (χ1v) is 15.1. The summed E-state index contributed by atoms with van der Waals surface area (Å²) in [6, 6.07) is 22.1. The SMILES string of the molecule is CCCNC(=O)[C@H](Cc1ccccc1)N(Cc1cccc(OC)c1)C(=O)CCCN1C(=O)c2ccccc2S1(=O)=O. The van der Waals surface area contributed by atoms with E-state index in [1.807, 2.05) is 55.5 Å². The fourth-order valence-electron chi connectivity index (χ4n) is 4.86. The Morgan fingerprint density at radius 3 is 2.39 bits per heavy atom. The Kier molecular flexibility index (Phi) is 9.78. The fraction of sp³-hybridized carbons (Fsp3) is 0.323. The molecule has 4 rings (SSSR count). The van der Waals surface area contributed by atoms with Gasteiger partial charge in [-0.2, -0.15) is 0 Å². The molecule has 9 nitrogen and oxygen atoms in total. The maximum atomic E-state index is 13.8. The van der Waals surface area contributed by atoms with Crippen LogP contribution in [0.25, 0.3) is 0 Å². The van der Waals surface area contributed by atoms with E-state index >= 15 is 0 Å². The molecule has 41 heavy (non-hydrogen) atoms. The topological polar surface area (TPSA) is 113 Å². The van der Waals surface area contributed by atoms with Gasteiger partial charge >= 0.3 is 0 Å². The number of nitrogens with zero attached hydrogens (tertiary/aromatic N) is 2. The Morgan fingerprint density at radius 2 is 1.68 bits per heavy atom. The fourth-order valence-corrected chi connectivity index (χ4v) is 6.46. The van der Waals surface area contributed by atoms with Crippen molar-refractivity contribution in [2.24, 2.45) is 0 Å². The third-order valence-corrected chi connectivity index (χ3v) is 8.81. The highest BCUT2D eigenvalue weighted by Gasteiger charge is 2.40. The molecule has 216 valence electrons. The van der Waals surface area contributed by atoms with Crippen LogP contribution in [0.5, 0.6) is 5.75 Å². The first-order valence-electron chi connectivity index (χ1n) is 13.7. The van der Waals surface area contributed by atoms with Crippen molar-refractivity contribution < 1.29 is 27.5 Å². The van der Waals surface area contributed by atoms with Gasteiger partial charge in [-0.15, -0.1) is 0 Å². The third kappa shape index (κ3) is 6.94. The molecular formula is C31H35N3O6S. The second-order valence-electron chi connectivity index (χ2n) is 9.85. The van der Waals surface area contributed by atoms with Gasteiger partial charge in [0.1, 0.15) is 16.7 Å². The summed E-state index contributed by atoms with van der Waals surface area (Å²) < 4.78 is 32.1. The predicted octanol–water partition coefficient (Wildman–Crippen LogP) is 3.79. The Labute approximate surface area is 241 Å². The highest BCUT2D eigenvalue weighted by molar-refractivity contribution is 7.90. The molecule has 10 heteroatoms. The number of amides is 3. The van der Waals surface area contributed by atoms with Gasteiger partial charge in [-0.3, -0.25) is 14.4 Å². The number of methoxy groups -OCH3 is 1. The van der Waals surface area contributed by atoms with Crippen LogP contribution in [0, 0.1) is 0 Å². The van der Waals surface area contributed by atoms with Crippen molar-refractivity contribution in [2.75, 3.05) is 20.2 Å². The Morgan fingerprint density at radius 1 is 0.976 bits per heavy atom. The lowest BCUT2D eigenvalue weighted by Crippen LogP contribution is -2.50. The van der Waals surface area contributed by atoms with E-state index in [0.29, 0.717) is 18.7 Å². The van der Waals surface area contributed by atoms with Crippen molar-refractivity contribution in [3.8, 4) is 5.75 Å². The molecule has 0 unspecified atom stereocenters. The summed E-state index contributed by atoms with van der Waals surface area (Å²) in [5, 5.41) is 2.93. The maximum absolute atomic E-state index is 13.8. The number of hydrogen-bond donors (Lipinski definition) is 1. The van der Waals surface area contributed by atoms with Crippen molar-refractivity contribution in [3.05, 3.63) is 95.6 Å². The third-order valence-electron chi connectivity index (χ3n) is 6.97. The molecule has 1 N–H and O–H groups in total. The zero-order valence-electron chi connectivity index (χ0n) is 23.3. The van der Waals surface area contributed by atoms with Gasteiger partial charge in [-0.05, 0) is 48.2 Å². The molecule has 3 amide bonds. The molecule has 0 saturated heterocycles. The molecule has 1 aliphatic rings. The van der Waals surface area contributed by atoms with E-state index in [2.05, 4.69) is 5.32 Å². The first kappa shape index (κ1) is 29.8. The summed E-state index contributed by atoms with van der Waals surface area (Å²) >= 11 is 0. The smallest absolute Gasteiger partial charge is 0.269 e. The summed E-state index contributed by atoms with van der Waals surface area (Å²) in [5.41, 5.74) is 1.82. The van der Waals surface area contributed by atoms with Gasteiger partial charge in [0, 0.05) is 32.5 Å². The Bertz CT molecular complexity index is 1490. The number of hydrogen-bond acceptors (Lipinski definition) is 6. The van der Waals surface area contributed by atoms with Crippen LogP contribution in [0.2, 0.25) is 0 Å². The van der Waals surface area contributed by atoms with Crippen LogP contribution < -0.4 is 10.1 Å². The molecule has 0 aliphatic carbocycles. The molecule has 1 atom stereocenters. The maximum Gasteiger partial charge on any atom is 0.269 e. The molecule has 0 saturated carbocycles. The summed E-state index contributed by atoms with van der Waals surface area (Å²) in [5.74, 6) is -0.550. The Balaban J connectivity index is 1.57. The molecule has 0 spiro atoms. The minimum absolute atomic E-state index is 0.0218. The van der Waals surface area contributed by atoms with E-state index < -0.39 is 22.0 Å². The van der Waals surface area contributed by atoms with Crippen LogP contribution >= 0.6 is 0 Å². The van der Waals surface area contributed by atoms with Gasteiger partial charge in [0.25, 0.3) is 15.9 Å². The average Bonchev–Trinajstić information content (AvgIpc) is 3.18. The van der Waals surface area contributed by atoms with Gasteiger partial charge in [-0.1, -0.05) is 61.5 Å². The van der Waals surface area contributed by atoms with Crippen molar-refractivity contribution in [3.63, 3.8) is 0 Å². The van der Waals surface area contributed by atoms with E-state index in [1.165, 1.54) is 12.1 Å². The number of rotatable bonds is 13. The largest absolute Gasteiger partial charge is 0.497 e. The van der Waals surface area contributed by atoms with Crippen molar-refractivity contribution in [2.45, 2.75) is 50.1 Å². The highest BCUT2D eigenvalue weighted by Crippen LogP contribution is 2.30. The number of ether oxygens (including phenoxy) is 1. The van der Waals surface area contributed by atoms with Crippen LogP contribution in [0.1, 0.15) is 47.7 Å². The molecule has 0 radical (unpaired) electrons. The van der Waals surface area contributed by atoms with Gasteiger partial charge in [-0.25, -0.2) is 12.7 Å². The zero-order valence-corrected chi connectivity index (χ0v) is 24.1. The lowest BCUT2D eigenvalue weighted by Gasteiger charge is -2.32. The lowest BCUT2D eigenvalue weighted by atomic mass is 10.0. The molecule has 0 fully saturated rings. The average molecular weight is 578 g/mol. The van der Waals surface area contributed by atoms with E-state index in [9.17, 15) is 22.8 Å². The monoisotopic (exact) mass is 577 g/mol. The van der Waals surface area contributed by atoms with Crippen LogP contribution in [0.3, 0.4) is 0 Å². The minimum Gasteiger partial charge on any atom is -0.497 e. The second-order valence-corrected chi connectivity index (χ2v) is 11.7. The standard InChI is InChI=1S/C31H35N3O6S/c1-3-18-32-30(36)27(21-23-11-5-4-6-12-23)33(22-24-13-9-14-25(20-24)40-2)29(35)17-10-19-34-31(37)26-15-7-8-16-28(26)41(34,38)39/h4-9,11-16,20,27H,3,10,17-19,21-22H2,1-2H3,(H,32,36)/t27-/m0/s1. The number of sulfonamides is 1. The number of nitrogens with one attached hydrogen (secondary N) is 1. The zero-order chi connectivity index (χ0) is 29.4. The quantitative estimate of drug-likeness (QED) is 0.331. The summed E-state index contributed by atoms with van der Waals surface area (Å²) in [6.45, 7) is 2.44. The summed E-state index contributed by atoms with van der Waals surface area (Å²) in [7, 11) is -2.41. The van der Waals surface area contributed by atoms with Crippen molar-refractivity contribution in [1.29, 1.82) is 0 Å². The first-order chi connectivity index (χ1) is 19.8. The van der Waals surface area contributed by atoms with E-state index in [1.54, 1.807) is 30.2 Å². The van der Waals surface area contributed by atoms with E-state index in [-0.39, 0.29) is 48.2 Å². The normalized spacial score (nSPS) is 14.3. The van der Waals surface area contributed by atoms with E-state index in [4.69, 9.17) is 4.74 Å². The molecule has 0 bridgehead atoms. The molecule has 0 aromatic heterocycles. The number of carbonyl (C=O) groups excluding carboxylic acids is 3. The number of carbonyl (C=O) groups is 3. The van der Waals surface area contributed by atoms with Gasteiger partial charge in [0.2, 0.25) is 11.8 Å². The van der Waals surface area contributed by atoms with Crippen LogP contribution in [-0.2, 0) is 32.6 Å². The lowest BCUT2D eigenvalue weighted by molar-refractivity contribution is -0.141. The minimum atomic E-state index is -3.97. The molecular weight excluding hydrogens is 542 g/mol. The predicted molar refractivity (Wildman–Crippen MR) is 155 cm³/mol.